The van der Waals surface area contributed by atoms with Crippen LogP contribution in [0.3, 0.4) is 0 Å². The quantitative estimate of drug-likeness (QED) is 0.923. The van der Waals surface area contributed by atoms with Crippen LogP contribution in [-0.4, -0.2) is 37.2 Å². The highest BCUT2D eigenvalue weighted by Crippen LogP contribution is 2.32. The molecule has 2 unspecified atom stereocenters. The lowest BCUT2D eigenvalue weighted by atomic mass is 9.82. The number of halogens is 1. The van der Waals surface area contributed by atoms with E-state index >= 15 is 0 Å². The molecule has 1 aromatic rings. The van der Waals surface area contributed by atoms with Gasteiger partial charge in [0.15, 0.2) is 11.6 Å². The summed E-state index contributed by atoms with van der Waals surface area (Å²) >= 11 is 0. The van der Waals surface area contributed by atoms with E-state index in [9.17, 15) is 4.39 Å². The molecule has 0 aromatic heterocycles. The molecule has 2 aliphatic heterocycles. The maximum Gasteiger partial charge on any atom is 0.165 e. The lowest BCUT2D eigenvalue weighted by molar-refractivity contribution is 0.0482. The van der Waals surface area contributed by atoms with Gasteiger partial charge in [-0.1, -0.05) is 12.5 Å². The molecule has 3 rings (SSSR count). The first-order valence-electron chi connectivity index (χ1n) is 7.95. The van der Waals surface area contributed by atoms with E-state index in [-0.39, 0.29) is 5.82 Å². The lowest BCUT2D eigenvalue weighted by Crippen LogP contribution is -2.54. The van der Waals surface area contributed by atoms with Crippen molar-refractivity contribution in [2.45, 2.75) is 56.8 Å². The van der Waals surface area contributed by atoms with Gasteiger partial charge in [0, 0.05) is 24.7 Å². The Morgan fingerprint density at radius 2 is 2.00 bits per heavy atom. The topological polar surface area (TPSA) is 24.5 Å². The maximum atomic E-state index is 13.7. The summed E-state index contributed by atoms with van der Waals surface area (Å²) < 4.78 is 18.7. The number of hydrogen-bond acceptors (Lipinski definition) is 3. The van der Waals surface area contributed by atoms with E-state index in [1.165, 1.54) is 39.2 Å². The average Bonchev–Trinajstić information content (AvgIpc) is 2.45. The summed E-state index contributed by atoms with van der Waals surface area (Å²) in [6.07, 6.45) is 6.44. The number of piperidine rings is 2. The number of hydrogen-bond donors (Lipinski definition) is 1. The van der Waals surface area contributed by atoms with Gasteiger partial charge < -0.3 is 15.0 Å². The first-order chi connectivity index (χ1) is 10.2. The molecule has 3 nitrogen and oxygen atoms in total. The molecule has 2 aliphatic rings. The van der Waals surface area contributed by atoms with E-state index in [2.05, 4.69) is 17.3 Å². The SMILES string of the molecule is COc1ccc(CNC2CC3CCCC(C2)N3C)cc1F. The van der Waals surface area contributed by atoms with Gasteiger partial charge in [0.25, 0.3) is 0 Å². The van der Waals surface area contributed by atoms with Gasteiger partial charge in [0.2, 0.25) is 0 Å². The molecule has 0 aliphatic carbocycles. The van der Waals surface area contributed by atoms with Gasteiger partial charge in [-0.3, -0.25) is 0 Å². The summed E-state index contributed by atoms with van der Waals surface area (Å²) in [6.45, 7) is 0.731. The fraction of sp³-hybridized carbons (Fsp3) is 0.647. The van der Waals surface area contributed by atoms with Gasteiger partial charge in [0.1, 0.15) is 0 Å². The molecule has 116 valence electrons. The fourth-order valence-corrected chi connectivity index (χ4v) is 3.86. The standard InChI is InChI=1S/C17H25FN2O/c1-20-14-4-3-5-15(20)10-13(9-14)19-11-12-6-7-17(21-2)16(18)8-12/h6-8,13-15,19H,3-5,9-11H2,1-2H3. The Kier molecular flexibility index (Phi) is 4.45. The zero-order chi connectivity index (χ0) is 14.8. The van der Waals surface area contributed by atoms with Gasteiger partial charge in [0.05, 0.1) is 7.11 Å². The highest BCUT2D eigenvalue weighted by molar-refractivity contribution is 5.29. The van der Waals surface area contributed by atoms with Crippen molar-refractivity contribution in [1.82, 2.24) is 10.2 Å². The molecule has 0 spiro atoms. The monoisotopic (exact) mass is 292 g/mol. The molecule has 2 bridgehead atoms. The van der Waals surface area contributed by atoms with E-state index in [1.54, 1.807) is 12.1 Å². The summed E-state index contributed by atoms with van der Waals surface area (Å²) in [4.78, 5) is 2.56. The van der Waals surface area contributed by atoms with E-state index < -0.39 is 0 Å². The first-order valence-corrected chi connectivity index (χ1v) is 7.95. The van der Waals surface area contributed by atoms with Crippen LogP contribution in [0.4, 0.5) is 4.39 Å². The third-order valence-electron chi connectivity index (χ3n) is 5.15. The molecule has 21 heavy (non-hydrogen) atoms. The van der Waals surface area contributed by atoms with Crippen molar-refractivity contribution >= 4 is 0 Å². The smallest absolute Gasteiger partial charge is 0.165 e. The van der Waals surface area contributed by atoms with Crippen LogP contribution >= 0.6 is 0 Å². The van der Waals surface area contributed by atoms with Crippen molar-refractivity contribution in [2.24, 2.45) is 0 Å². The molecule has 2 fully saturated rings. The lowest BCUT2D eigenvalue weighted by Gasteiger charge is -2.47. The number of methoxy groups -OCH3 is 1. The zero-order valence-corrected chi connectivity index (χ0v) is 12.9. The molecule has 0 radical (unpaired) electrons. The Morgan fingerprint density at radius 1 is 1.29 bits per heavy atom. The summed E-state index contributed by atoms with van der Waals surface area (Å²) in [7, 11) is 3.76. The van der Waals surface area contributed by atoms with Crippen LogP contribution in [0.1, 0.15) is 37.7 Å². The van der Waals surface area contributed by atoms with Crippen molar-refractivity contribution in [3.63, 3.8) is 0 Å². The van der Waals surface area contributed by atoms with Crippen LogP contribution in [0.15, 0.2) is 18.2 Å². The number of nitrogens with one attached hydrogen (secondary N) is 1. The summed E-state index contributed by atoms with van der Waals surface area (Å²) in [5, 5.41) is 3.62. The second-order valence-electron chi connectivity index (χ2n) is 6.42. The Bertz CT molecular complexity index is 480. The summed E-state index contributed by atoms with van der Waals surface area (Å²) in [5.74, 6) is 0.0321. The Morgan fingerprint density at radius 3 is 2.62 bits per heavy atom. The Hall–Kier alpha value is -1.13. The van der Waals surface area contributed by atoms with Crippen LogP contribution in [0.5, 0.6) is 5.75 Å². The van der Waals surface area contributed by atoms with Crippen molar-refractivity contribution in [3.8, 4) is 5.75 Å². The number of fused-ring (bicyclic) bond motifs is 2. The van der Waals surface area contributed by atoms with Crippen molar-refractivity contribution in [2.75, 3.05) is 14.2 Å². The summed E-state index contributed by atoms with van der Waals surface area (Å²) in [5.41, 5.74) is 0.984. The predicted molar refractivity (Wildman–Crippen MR) is 82.0 cm³/mol. The number of ether oxygens (including phenoxy) is 1. The molecule has 2 heterocycles. The molecule has 2 atom stereocenters. The zero-order valence-electron chi connectivity index (χ0n) is 12.9. The number of benzene rings is 1. The van der Waals surface area contributed by atoms with Gasteiger partial charge in [-0.05, 0) is 50.4 Å². The van der Waals surface area contributed by atoms with Gasteiger partial charge in [-0.25, -0.2) is 4.39 Å². The van der Waals surface area contributed by atoms with Gasteiger partial charge >= 0.3 is 0 Å². The third-order valence-corrected chi connectivity index (χ3v) is 5.15. The number of nitrogens with zero attached hydrogens (tertiary/aromatic N) is 1. The minimum Gasteiger partial charge on any atom is -0.494 e. The van der Waals surface area contributed by atoms with E-state index in [0.29, 0.717) is 11.8 Å². The van der Waals surface area contributed by atoms with Crippen molar-refractivity contribution < 1.29 is 9.13 Å². The van der Waals surface area contributed by atoms with Crippen molar-refractivity contribution in [1.29, 1.82) is 0 Å². The minimum absolute atomic E-state index is 0.281. The van der Waals surface area contributed by atoms with Crippen LogP contribution in [0, 0.1) is 5.82 Å². The molecule has 0 saturated carbocycles. The summed E-state index contributed by atoms with van der Waals surface area (Å²) in [6, 6.07) is 7.22. The van der Waals surface area contributed by atoms with Gasteiger partial charge in [-0.2, -0.15) is 0 Å². The normalized spacial score (nSPS) is 29.4. The van der Waals surface area contributed by atoms with Gasteiger partial charge in [-0.15, -0.1) is 0 Å². The molecule has 2 saturated heterocycles. The number of rotatable bonds is 4. The van der Waals surface area contributed by atoms with E-state index in [1.807, 2.05) is 6.07 Å². The minimum atomic E-state index is -0.281. The highest BCUT2D eigenvalue weighted by Gasteiger charge is 2.35. The second kappa shape index (κ2) is 6.32. The van der Waals surface area contributed by atoms with Crippen LogP contribution in [0.2, 0.25) is 0 Å². The van der Waals surface area contributed by atoms with E-state index in [0.717, 1.165) is 24.2 Å². The molecule has 4 heteroatoms. The van der Waals surface area contributed by atoms with E-state index in [4.69, 9.17) is 4.74 Å². The first kappa shape index (κ1) is 14.8. The molecular weight excluding hydrogens is 267 g/mol. The third kappa shape index (κ3) is 3.22. The van der Waals surface area contributed by atoms with Crippen LogP contribution in [-0.2, 0) is 6.54 Å². The second-order valence-corrected chi connectivity index (χ2v) is 6.42. The fourth-order valence-electron chi connectivity index (χ4n) is 3.86. The molecule has 1 aromatic carbocycles. The molecule has 1 N–H and O–H groups in total. The predicted octanol–water partition coefficient (Wildman–Crippen LogP) is 2.94. The highest BCUT2D eigenvalue weighted by atomic mass is 19.1. The van der Waals surface area contributed by atoms with Crippen LogP contribution in [0.25, 0.3) is 0 Å². The largest absolute Gasteiger partial charge is 0.494 e. The Balaban J connectivity index is 1.57. The average molecular weight is 292 g/mol. The van der Waals surface area contributed by atoms with Crippen LogP contribution < -0.4 is 10.1 Å². The molecule has 0 amide bonds. The van der Waals surface area contributed by atoms with Crippen molar-refractivity contribution in [3.05, 3.63) is 29.6 Å². The molecular formula is C17H25FN2O. The Labute approximate surface area is 126 Å². The maximum absolute atomic E-state index is 13.7.